The number of esters is 1. The number of benzene rings is 2. The maximum atomic E-state index is 14.5. The summed E-state index contributed by atoms with van der Waals surface area (Å²) in [6.45, 7) is 10.1. The summed E-state index contributed by atoms with van der Waals surface area (Å²) >= 11 is 0. The van der Waals surface area contributed by atoms with E-state index in [0.29, 0.717) is 23.3 Å². The predicted octanol–water partition coefficient (Wildman–Crippen LogP) is 5.94. The molecule has 0 radical (unpaired) electrons. The lowest BCUT2D eigenvalue weighted by atomic mass is 10.0. The maximum Gasteiger partial charge on any atom is 0.338 e. The molecule has 0 saturated carbocycles. The van der Waals surface area contributed by atoms with E-state index in [1.165, 1.54) is 25.1 Å². The molecule has 27 heavy (non-hydrogen) atoms. The van der Waals surface area contributed by atoms with Crippen LogP contribution in [0, 0.1) is 11.6 Å². The molecule has 0 fully saturated rings. The van der Waals surface area contributed by atoms with Gasteiger partial charge in [-0.3, -0.25) is 0 Å². The Kier molecular flexibility index (Phi) is 6.50. The van der Waals surface area contributed by atoms with E-state index in [4.69, 9.17) is 9.47 Å². The molecule has 0 spiro atoms. The van der Waals surface area contributed by atoms with E-state index in [1.54, 1.807) is 32.0 Å². The number of allylic oxidation sites excluding steroid dienone is 2. The fourth-order valence-corrected chi connectivity index (χ4v) is 2.34. The van der Waals surface area contributed by atoms with Gasteiger partial charge in [-0.1, -0.05) is 25.6 Å². The second-order valence-electron chi connectivity index (χ2n) is 6.19. The van der Waals surface area contributed by atoms with Gasteiger partial charge >= 0.3 is 5.97 Å². The lowest BCUT2D eigenvalue weighted by Crippen LogP contribution is -2.06. The quantitative estimate of drug-likeness (QED) is 0.357. The van der Waals surface area contributed by atoms with E-state index >= 15 is 0 Å². The van der Waals surface area contributed by atoms with Crippen LogP contribution in [0.3, 0.4) is 0 Å². The molecule has 3 nitrogen and oxygen atoms in total. The Morgan fingerprint density at radius 2 is 1.70 bits per heavy atom. The minimum Gasteiger partial charge on any atom is -0.458 e. The summed E-state index contributed by atoms with van der Waals surface area (Å²) in [4.78, 5) is 11.5. The number of carbonyl (C=O) groups is 1. The van der Waals surface area contributed by atoms with Crippen molar-refractivity contribution in [3.63, 3.8) is 0 Å². The van der Waals surface area contributed by atoms with Crippen LogP contribution in [0.2, 0.25) is 0 Å². The Balaban J connectivity index is 2.22. The molecule has 2 rings (SSSR count). The molecule has 0 saturated heterocycles. The molecule has 0 N–H and O–H groups in total. The third kappa shape index (κ3) is 5.03. The number of hydrogen-bond acceptors (Lipinski definition) is 3. The van der Waals surface area contributed by atoms with E-state index in [0.717, 1.165) is 0 Å². The molecule has 0 aliphatic rings. The van der Waals surface area contributed by atoms with Gasteiger partial charge in [-0.25, -0.2) is 13.6 Å². The molecule has 5 heteroatoms. The number of halogens is 2. The van der Waals surface area contributed by atoms with Crippen molar-refractivity contribution in [2.45, 2.75) is 34.1 Å². The number of ether oxygens (including phenoxy) is 2. The standard InChI is InChI=1S/C22H22F2O3/c1-6-16-7-8-17(11-20(16)23)19-10-9-18(12-21(19)24)26-14(4)15(5)27-22(25)13(2)3/h7-12H,2,6H2,1,3-5H3/b15-14+. The largest absolute Gasteiger partial charge is 0.458 e. The van der Waals surface area contributed by atoms with Gasteiger partial charge in [0.1, 0.15) is 28.9 Å². The summed E-state index contributed by atoms with van der Waals surface area (Å²) in [5, 5.41) is 0. The summed E-state index contributed by atoms with van der Waals surface area (Å²) in [6.07, 6.45) is 0.572. The summed E-state index contributed by atoms with van der Waals surface area (Å²) in [5.74, 6) is -0.650. The molecule has 0 bridgehead atoms. The van der Waals surface area contributed by atoms with Crippen LogP contribution in [0.4, 0.5) is 8.78 Å². The van der Waals surface area contributed by atoms with Crippen LogP contribution in [0.5, 0.6) is 5.75 Å². The molecular weight excluding hydrogens is 350 g/mol. The van der Waals surface area contributed by atoms with Crippen LogP contribution in [0.25, 0.3) is 11.1 Å². The smallest absolute Gasteiger partial charge is 0.338 e. The van der Waals surface area contributed by atoms with Gasteiger partial charge in [0.05, 0.1) is 0 Å². The summed E-state index contributed by atoms with van der Waals surface area (Å²) in [6, 6.07) is 8.96. The monoisotopic (exact) mass is 372 g/mol. The van der Waals surface area contributed by atoms with Gasteiger partial charge in [-0.2, -0.15) is 0 Å². The number of carbonyl (C=O) groups excluding carboxylic acids is 1. The fourth-order valence-electron chi connectivity index (χ4n) is 2.34. The second-order valence-corrected chi connectivity index (χ2v) is 6.19. The van der Waals surface area contributed by atoms with Crippen LogP contribution in [0.1, 0.15) is 33.3 Å². The third-order valence-corrected chi connectivity index (χ3v) is 4.05. The minimum atomic E-state index is -0.561. The van der Waals surface area contributed by atoms with Gasteiger partial charge < -0.3 is 9.47 Å². The van der Waals surface area contributed by atoms with Gasteiger partial charge in [0.25, 0.3) is 0 Å². The third-order valence-electron chi connectivity index (χ3n) is 4.05. The summed E-state index contributed by atoms with van der Waals surface area (Å²) in [7, 11) is 0. The number of rotatable bonds is 6. The van der Waals surface area contributed by atoms with Crippen molar-refractivity contribution in [1.29, 1.82) is 0 Å². The van der Waals surface area contributed by atoms with Crippen molar-refractivity contribution in [3.8, 4) is 16.9 Å². The van der Waals surface area contributed by atoms with E-state index in [1.807, 2.05) is 6.92 Å². The van der Waals surface area contributed by atoms with Gasteiger partial charge in [-0.15, -0.1) is 0 Å². The van der Waals surface area contributed by atoms with E-state index in [9.17, 15) is 13.6 Å². The molecule has 142 valence electrons. The average molecular weight is 372 g/mol. The Bertz CT molecular complexity index is 914. The van der Waals surface area contributed by atoms with Crippen LogP contribution in [-0.2, 0) is 16.0 Å². The molecule has 0 aliphatic carbocycles. The lowest BCUT2D eigenvalue weighted by molar-refractivity contribution is -0.135. The average Bonchev–Trinajstić information content (AvgIpc) is 2.61. The first kappa shape index (κ1) is 20.4. The van der Waals surface area contributed by atoms with Gasteiger partial charge in [-0.05, 0) is 56.5 Å². The molecule has 0 unspecified atom stereocenters. The van der Waals surface area contributed by atoms with Crippen LogP contribution in [-0.4, -0.2) is 5.97 Å². The second kappa shape index (κ2) is 8.62. The Morgan fingerprint density at radius 3 is 2.26 bits per heavy atom. The highest BCUT2D eigenvalue weighted by atomic mass is 19.1. The minimum absolute atomic E-state index is 0.241. The summed E-state index contributed by atoms with van der Waals surface area (Å²) in [5.41, 5.74) is 1.57. The Labute approximate surface area is 157 Å². The number of hydrogen-bond donors (Lipinski definition) is 0. The normalized spacial score (nSPS) is 11.6. The zero-order valence-electron chi connectivity index (χ0n) is 15.9. The van der Waals surface area contributed by atoms with Crippen molar-refractivity contribution in [2.75, 3.05) is 0 Å². The van der Waals surface area contributed by atoms with Gasteiger partial charge in [0.2, 0.25) is 0 Å². The predicted molar refractivity (Wildman–Crippen MR) is 101 cm³/mol. The van der Waals surface area contributed by atoms with Crippen molar-refractivity contribution in [1.82, 2.24) is 0 Å². The molecule has 0 aromatic heterocycles. The lowest BCUT2D eigenvalue weighted by Gasteiger charge is -2.12. The van der Waals surface area contributed by atoms with Crippen LogP contribution in [0.15, 0.2) is 60.1 Å². The van der Waals surface area contributed by atoms with Gasteiger partial charge in [0.15, 0.2) is 0 Å². The van der Waals surface area contributed by atoms with E-state index in [2.05, 4.69) is 6.58 Å². The highest BCUT2D eigenvalue weighted by Gasteiger charge is 2.12. The first-order valence-corrected chi connectivity index (χ1v) is 8.54. The summed E-state index contributed by atoms with van der Waals surface area (Å²) < 4.78 is 39.1. The van der Waals surface area contributed by atoms with E-state index in [-0.39, 0.29) is 28.5 Å². The molecule has 0 atom stereocenters. The first-order valence-electron chi connectivity index (χ1n) is 8.54. The Hall–Kier alpha value is -2.95. The van der Waals surface area contributed by atoms with Crippen molar-refractivity contribution in [2.24, 2.45) is 0 Å². The molecule has 0 amide bonds. The van der Waals surface area contributed by atoms with Crippen molar-refractivity contribution < 1.29 is 23.0 Å². The molecule has 2 aromatic carbocycles. The topological polar surface area (TPSA) is 35.5 Å². The zero-order valence-corrected chi connectivity index (χ0v) is 15.9. The van der Waals surface area contributed by atoms with Crippen LogP contribution >= 0.6 is 0 Å². The molecular formula is C22H22F2O3. The first-order chi connectivity index (χ1) is 12.7. The van der Waals surface area contributed by atoms with E-state index < -0.39 is 11.8 Å². The molecule has 0 heterocycles. The fraction of sp³-hybridized carbons (Fsp3) is 0.227. The van der Waals surface area contributed by atoms with Gasteiger partial charge in [0, 0.05) is 17.2 Å². The van der Waals surface area contributed by atoms with Crippen molar-refractivity contribution in [3.05, 3.63) is 77.3 Å². The maximum absolute atomic E-state index is 14.5. The highest BCUT2D eigenvalue weighted by molar-refractivity contribution is 5.87. The molecule has 0 aliphatic heterocycles. The molecule has 2 aromatic rings. The van der Waals surface area contributed by atoms with Crippen LogP contribution < -0.4 is 4.74 Å². The van der Waals surface area contributed by atoms with Crippen molar-refractivity contribution >= 4 is 5.97 Å². The Morgan fingerprint density at radius 1 is 1.00 bits per heavy atom. The SMILES string of the molecule is C=C(C)C(=O)O/C(C)=C(\C)Oc1ccc(-c2ccc(CC)c(F)c2)c(F)c1. The highest BCUT2D eigenvalue weighted by Crippen LogP contribution is 2.28. The zero-order chi connectivity index (χ0) is 20.1. The number of aryl methyl sites for hydroxylation is 1.